The molecule has 1 aliphatic heterocycles. The minimum absolute atomic E-state index is 0.0204. The zero-order valence-electron chi connectivity index (χ0n) is 13.5. The Morgan fingerprint density at radius 3 is 2.41 bits per heavy atom. The number of ether oxygens (including phenoxy) is 1. The van der Waals surface area contributed by atoms with Crippen molar-refractivity contribution in [3.05, 3.63) is 24.3 Å². The monoisotopic (exact) mass is 326 g/mol. The number of hydrogen-bond acceptors (Lipinski definition) is 4. The molecule has 22 heavy (non-hydrogen) atoms. The van der Waals surface area contributed by atoms with E-state index in [4.69, 9.17) is 10.5 Å². The fraction of sp³-hybridized carbons (Fsp3) is 0.625. The molecule has 1 saturated heterocycles. The molecule has 0 amide bonds. The summed E-state index contributed by atoms with van der Waals surface area (Å²) in [6.07, 6.45) is 0.826. The van der Waals surface area contributed by atoms with Gasteiger partial charge in [-0.05, 0) is 49.4 Å². The van der Waals surface area contributed by atoms with Crippen LogP contribution in [0.5, 0.6) is 5.75 Å². The van der Waals surface area contributed by atoms with Gasteiger partial charge in [0.25, 0.3) is 0 Å². The van der Waals surface area contributed by atoms with E-state index in [0.29, 0.717) is 36.3 Å². The molecule has 5 nitrogen and oxygen atoms in total. The van der Waals surface area contributed by atoms with Crippen LogP contribution in [0.3, 0.4) is 0 Å². The van der Waals surface area contributed by atoms with E-state index in [2.05, 4.69) is 13.8 Å². The predicted octanol–water partition coefficient (Wildman–Crippen LogP) is 2.08. The van der Waals surface area contributed by atoms with Crippen molar-refractivity contribution >= 4 is 10.0 Å². The first kappa shape index (κ1) is 17.2. The maximum Gasteiger partial charge on any atom is 0.243 e. The minimum Gasteiger partial charge on any atom is -0.493 e. The fourth-order valence-electron chi connectivity index (χ4n) is 2.52. The highest BCUT2D eigenvalue weighted by molar-refractivity contribution is 7.89. The summed E-state index contributed by atoms with van der Waals surface area (Å²) in [6, 6.07) is 6.68. The van der Waals surface area contributed by atoms with E-state index in [9.17, 15) is 8.42 Å². The second-order valence-corrected chi connectivity index (χ2v) is 8.39. The van der Waals surface area contributed by atoms with Gasteiger partial charge in [-0.3, -0.25) is 0 Å². The molecule has 1 aromatic carbocycles. The highest BCUT2D eigenvalue weighted by Crippen LogP contribution is 2.26. The maximum atomic E-state index is 12.6. The number of sulfonamides is 1. The van der Waals surface area contributed by atoms with Gasteiger partial charge in [-0.15, -0.1) is 0 Å². The van der Waals surface area contributed by atoms with Gasteiger partial charge in [-0.1, -0.05) is 13.8 Å². The SMILES string of the molecule is CC(C)COc1ccc(S(=O)(=O)N2CCC(C(C)N)C2)cc1. The lowest BCUT2D eigenvalue weighted by molar-refractivity contribution is 0.271. The summed E-state index contributed by atoms with van der Waals surface area (Å²) >= 11 is 0. The maximum absolute atomic E-state index is 12.6. The Morgan fingerprint density at radius 1 is 1.27 bits per heavy atom. The lowest BCUT2D eigenvalue weighted by Gasteiger charge is -2.18. The van der Waals surface area contributed by atoms with Crippen molar-refractivity contribution in [1.82, 2.24) is 4.31 Å². The first-order valence-corrected chi connectivity index (χ1v) is 9.23. The van der Waals surface area contributed by atoms with Gasteiger partial charge >= 0.3 is 0 Å². The third-order valence-corrected chi connectivity index (χ3v) is 5.86. The molecule has 1 aromatic rings. The van der Waals surface area contributed by atoms with Crippen LogP contribution in [-0.4, -0.2) is 38.5 Å². The van der Waals surface area contributed by atoms with E-state index in [1.54, 1.807) is 24.3 Å². The summed E-state index contributed by atoms with van der Waals surface area (Å²) in [5, 5.41) is 0. The van der Waals surface area contributed by atoms with Gasteiger partial charge < -0.3 is 10.5 Å². The zero-order chi connectivity index (χ0) is 16.3. The van der Waals surface area contributed by atoms with Gasteiger partial charge in [0.15, 0.2) is 0 Å². The molecule has 2 rings (SSSR count). The second kappa shape index (κ2) is 6.98. The summed E-state index contributed by atoms with van der Waals surface area (Å²) in [6.45, 7) is 7.74. The number of nitrogens with two attached hydrogens (primary N) is 1. The molecule has 2 N–H and O–H groups in total. The number of benzene rings is 1. The van der Waals surface area contributed by atoms with Crippen molar-refractivity contribution in [3.8, 4) is 5.75 Å². The van der Waals surface area contributed by atoms with Crippen LogP contribution in [0.15, 0.2) is 29.2 Å². The summed E-state index contributed by atoms with van der Waals surface area (Å²) in [4.78, 5) is 0.315. The quantitative estimate of drug-likeness (QED) is 0.869. The van der Waals surface area contributed by atoms with Gasteiger partial charge in [-0.25, -0.2) is 8.42 Å². The molecule has 0 radical (unpaired) electrons. The molecule has 0 bridgehead atoms. The normalized spacial score (nSPS) is 21.2. The van der Waals surface area contributed by atoms with Crippen molar-refractivity contribution in [1.29, 1.82) is 0 Å². The highest BCUT2D eigenvalue weighted by atomic mass is 32.2. The lowest BCUT2D eigenvalue weighted by Crippen LogP contribution is -2.33. The molecular formula is C16H26N2O3S. The van der Waals surface area contributed by atoms with E-state index in [-0.39, 0.29) is 12.0 Å². The molecule has 0 aliphatic carbocycles. The molecular weight excluding hydrogens is 300 g/mol. The van der Waals surface area contributed by atoms with Crippen LogP contribution in [0.2, 0.25) is 0 Å². The second-order valence-electron chi connectivity index (χ2n) is 6.45. The van der Waals surface area contributed by atoms with Crippen LogP contribution in [0.1, 0.15) is 27.2 Å². The Bertz CT molecular complexity index is 582. The Morgan fingerprint density at radius 2 is 1.91 bits per heavy atom. The predicted molar refractivity (Wildman–Crippen MR) is 87.3 cm³/mol. The summed E-state index contributed by atoms with van der Waals surface area (Å²) in [5.74, 6) is 1.37. The molecule has 0 saturated carbocycles. The number of hydrogen-bond donors (Lipinski definition) is 1. The molecule has 1 fully saturated rings. The van der Waals surface area contributed by atoms with Gasteiger partial charge in [0.1, 0.15) is 5.75 Å². The third-order valence-electron chi connectivity index (χ3n) is 3.98. The van der Waals surface area contributed by atoms with Crippen LogP contribution < -0.4 is 10.5 Å². The smallest absolute Gasteiger partial charge is 0.243 e. The first-order chi connectivity index (χ1) is 10.3. The average molecular weight is 326 g/mol. The molecule has 6 heteroatoms. The summed E-state index contributed by atoms with van der Waals surface area (Å²) in [7, 11) is -3.43. The molecule has 0 aromatic heterocycles. The zero-order valence-corrected chi connectivity index (χ0v) is 14.3. The molecule has 124 valence electrons. The van der Waals surface area contributed by atoms with Crippen LogP contribution in [-0.2, 0) is 10.0 Å². The van der Waals surface area contributed by atoms with Crippen molar-refractivity contribution in [2.24, 2.45) is 17.6 Å². The van der Waals surface area contributed by atoms with Gasteiger partial charge in [0, 0.05) is 19.1 Å². The van der Waals surface area contributed by atoms with Gasteiger partial charge in [0.05, 0.1) is 11.5 Å². The number of nitrogens with zero attached hydrogens (tertiary/aromatic N) is 1. The Balaban J connectivity index is 2.07. The fourth-order valence-corrected chi connectivity index (χ4v) is 4.03. The van der Waals surface area contributed by atoms with Crippen molar-refractivity contribution < 1.29 is 13.2 Å². The Hall–Kier alpha value is -1.11. The van der Waals surface area contributed by atoms with E-state index in [0.717, 1.165) is 6.42 Å². The van der Waals surface area contributed by atoms with E-state index in [1.807, 2.05) is 6.92 Å². The summed E-state index contributed by atoms with van der Waals surface area (Å²) < 4.78 is 32.4. The van der Waals surface area contributed by atoms with Crippen LogP contribution in [0, 0.1) is 11.8 Å². The molecule has 0 spiro atoms. The highest BCUT2D eigenvalue weighted by Gasteiger charge is 2.33. The van der Waals surface area contributed by atoms with E-state index >= 15 is 0 Å². The average Bonchev–Trinajstić information content (AvgIpc) is 2.96. The van der Waals surface area contributed by atoms with Crippen molar-refractivity contribution in [2.75, 3.05) is 19.7 Å². The molecule has 2 unspecified atom stereocenters. The molecule has 2 atom stereocenters. The van der Waals surface area contributed by atoms with Gasteiger partial charge in [-0.2, -0.15) is 4.31 Å². The molecule has 1 heterocycles. The van der Waals surface area contributed by atoms with Crippen LogP contribution >= 0.6 is 0 Å². The van der Waals surface area contributed by atoms with Crippen molar-refractivity contribution in [2.45, 2.75) is 38.1 Å². The van der Waals surface area contributed by atoms with Crippen molar-refractivity contribution in [3.63, 3.8) is 0 Å². The first-order valence-electron chi connectivity index (χ1n) is 7.79. The van der Waals surface area contributed by atoms with E-state index in [1.165, 1.54) is 4.31 Å². The van der Waals surface area contributed by atoms with Gasteiger partial charge in [0.2, 0.25) is 10.0 Å². The topological polar surface area (TPSA) is 72.6 Å². The van der Waals surface area contributed by atoms with Crippen LogP contribution in [0.25, 0.3) is 0 Å². The van der Waals surface area contributed by atoms with E-state index < -0.39 is 10.0 Å². The number of rotatable bonds is 6. The van der Waals surface area contributed by atoms with Crippen LogP contribution in [0.4, 0.5) is 0 Å². The Kier molecular flexibility index (Phi) is 5.47. The minimum atomic E-state index is -3.43. The summed E-state index contributed by atoms with van der Waals surface area (Å²) in [5.41, 5.74) is 5.88. The largest absolute Gasteiger partial charge is 0.493 e. The standard InChI is InChI=1S/C16H26N2O3S/c1-12(2)11-21-15-4-6-16(7-5-15)22(19,20)18-9-8-14(10-18)13(3)17/h4-7,12-14H,8-11,17H2,1-3H3. The lowest BCUT2D eigenvalue weighted by atomic mass is 10.0. The third kappa shape index (κ3) is 4.00. The molecule has 1 aliphatic rings. The Labute approximate surface area is 133 Å².